The molecule has 2 heterocycles. The number of benzene rings is 1. The van der Waals surface area contributed by atoms with Crippen molar-refractivity contribution in [2.24, 2.45) is 11.0 Å². The minimum atomic E-state index is -0.518. The van der Waals surface area contributed by atoms with E-state index in [2.05, 4.69) is 10.5 Å². The Labute approximate surface area is 145 Å². The van der Waals surface area contributed by atoms with Crippen molar-refractivity contribution >= 4 is 17.5 Å². The molecule has 0 unspecified atom stereocenters. The van der Waals surface area contributed by atoms with Gasteiger partial charge < -0.3 is 4.90 Å². The van der Waals surface area contributed by atoms with Gasteiger partial charge in [-0.2, -0.15) is 5.10 Å². The van der Waals surface area contributed by atoms with Crippen LogP contribution < -0.4 is 5.43 Å². The van der Waals surface area contributed by atoms with E-state index in [4.69, 9.17) is 0 Å². The van der Waals surface area contributed by atoms with Crippen LogP contribution in [0.3, 0.4) is 0 Å². The Morgan fingerprint density at radius 1 is 1.28 bits per heavy atom. The fourth-order valence-corrected chi connectivity index (χ4v) is 3.42. The van der Waals surface area contributed by atoms with Gasteiger partial charge in [0.15, 0.2) is 0 Å². The molecule has 3 rings (SSSR count). The van der Waals surface area contributed by atoms with Crippen molar-refractivity contribution in [2.75, 3.05) is 13.1 Å². The summed E-state index contributed by atoms with van der Waals surface area (Å²) in [6.07, 6.45) is 3.37. The van der Waals surface area contributed by atoms with E-state index in [1.165, 1.54) is 18.2 Å². The molecule has 2 amide bonds. The third-order valence-electron chi connectivity index (χ3n) is 4.82. The molecule has 1 fully saturated rings. The summed E-state index contributed by atoms with van der Waals surface area (Å²) in [5.41, 5.74) is 2.83. The first-order valence-electron chi connectivity index (χ1n) is 8.62. The van der Waals surface area contributed by atoms with Gasteiger partial charge in [0.2, 0.25) is 5.91 Å². The molecular weight excluding hydrogens is 328 g/mol. The molecule has 1 saturated heterocycles. The van der Waals surface area contributed by atoms with E-state index in [0.717, 1.165) is 12.8 Å². The second-order valence-electron chi connectivity index (χ2n) is 6.59. The fraction of sp³-hybridized carbons (Fsp3) is 0.500. The van der Waals surface area contributed by atoms with Gasteiger partial charge >= 0.3 is 0 Å². The Kier molecular flexibility index (Phi) is 5.40. The van der Waals surface area contributed by atoms with Gasteiger partial charge in [-0.1, -0.05) is 6.07 Å². The summed E-state index contributed by atoms with van der Waals surface area (Å²) in [5.74, 6) is -1.16. The molecular formula is C18H21F2N3O2. The van der Waals surface area contributed by atoms with Gasteiger partial charge in [0.05, 0.1) is 0 Å². The molecule has 0 saturated carbocycles. The van der Waals surface area contributed by atoms with Gasteiger partial charge in [-0.25, -0.2) is 14.2 Å². The molecule has 0 aromatic heterocycles. The van der Waals surface area contributed by atoms with E-state index in [1.54, 1.807) is 4.90 Å². The van der Waals surface area contributed by atoms with Crippen LogP contribution in [0.4, 0.5) is 8.78 Å². The second kappa shape index (κ2) is 7.72. The predicted molar refractivity (Wildman–Crippen MR) is 88.8 cm³/mol. The molecule has 25 heavy (non-hydrogen) atoms. The third-order valence-corrected chi connectivity index (χ3v) is 4.82. The number of nitrogens with zero attached hydrogens (tertiary/aromatic N) is 2. The number of carbonyl (C=O) groups excluding carboxylic acids is 2. The van der Waals surface area contributed by atoms with Gasteiger partial charge in [0.1, 0.15) is 17.3 Å². The number of piperidine rings is 1. The number of carbonyl (C=O) groups is 2. The molecule has 0 aliphatic carbocycles. The van der Waals surface area contributed by atoms with Crippen molar-refractivity contribution in [3.05, 3.63) is 35.4 Å². The number of amides is 2. The highest BCUT2D eigenvalue weighted by Crippen LogP contribution is 2.24. The highest BCUT2D eigenvalue weighted by molar-refractivity contribution is 6.39. The summed E-state index contributed by atoms with van der Waals surface area (Å²) in [6.45, 7) is 1.21. The molecule has 0 radical (unpaired) electrons. The maximum atomic E-state index is 13.7. The van der Waals surface area contributed by atoms with Crippen LogP contribution in [0, 0.1) is 17.6 Å². The average Bonchev–Trinajstić information content (AvgIpc) is 2.62. The minimum Gasteiger partial charge on any atom is -0.337 e. The largest absolute Gasteiger partial charge is 0.337 e. The molecule has 2 aliphatic rings. The Morgan fingerprint density at radius 2 is 2.04 bits per heavy atom. The Bertz CT molecular complexity index is 685. The van der Waals surface area contributed by atoms with Crippen LogP contribution in [0.25, 0.3) is 0 Å². The van der Waals surface area contributed by atoms with E-state index in [0.29, 0.717) is 38.1 Å². The van der Waals surface area contributed by atoms with E-state index in [-0.39, 0.29) is 29.7 Å². The zero-order valence-corrected chi connectivity index (χ0v) is 13.9. The molecule has 0 spiro atoms. The molecule has 1 atom stereocenters. The highest BCUT2D eigenvalue weighted by Gasteiger charge is 2.28. The van der Waals surface area contributed by atoms with Crippen LogP contribution in [0.5, 0.6) is 0 Å². The fourth-order valence-electron chi connectivity index (χ4n) is 3.42. The third kappa shape index (κ3) is 4.21. The van der Waals surface area contributed by atoms with Gasteiger partial charge in [-0.3, -0.25) is 9.59 Å². The lowest BCUT2D eigenvalue weighted by atomic mass is 9.91. The van der Waals surface area contributed by atoms with Crippen LogP contribution >= 0.6 is 0 Å². The predicted octanol–water partition coefficient (Wildman–Crippen LogP) is 2.40. The summed E-state index contributed by atoms with van der Waals surface area (Å²) in [5, 5.41) is 3.85. The quantitative estimate of drug-likeness (QED) is 0.907. The number of rotatable bonds is 4. The smallest absolute Gasteiger partial charge is 0.270 e. The van der Waals surface area contributed by atoms with Crippen LogP contribution in [-0.4, -0.2) is 35.5 Å². The van der Waals surface area contributed by atoms with E-state index < -0.39 is 11.6 Å². The van der Waals surface area contributed by atoms with E-state index in [9.17, 15) is 18.4 Å². The number of hydrogen-bond acceptors (Lipinski definition) is 3. The molecule has 0 bridgehead atoms. The van der Waals surface area contributed by atoms with Crippen LogP contribution in [0.15, 0.2) is 23.3 Å². The summed E-state index contributed by atoms with van der Waals surface area (Å²) < 4.78 is 27.5. The number of nitrogens with one attached hydrogen (secondary N) is 1. The van der Waals surface area contributed by atoms with Crippen LogP contribution in [-0.2, 0) is 16.0 Å². The molecule has 5 nitrogen and oxygen atoms in total. The molecule has 1 aromatic carbocycles. The van der Waals surface area contributed by atoms with E-state index in [1.807, 2.05) is 0 Å². The molecule has 1 N–H and O–H groups in total. The zero-order valence-electron chi connectivity index (χ0n) is 13.9. The first kappa shape index (κ1) is 17.5. The average molecular weight is 349 g/mol. The topological polar surface area (TPSA) is 61.8 Å². The molecule has 1 aromatic rings. The lowest BCUT2D eigenvalue weighted by molar-refractivity contribution is -0.126. The van der Waals surface area contributed by atoms with Crippen LogP contribution in [0.1, 0.15) is 37.7 Å². The minimum absolute atomic E-state index is 0.116. The summed E-state index contributed by atoms with van der Waals surface area (Å²) in [6, 6.07) is 3.90. The first-order valence-corrected chi connectivity index (χ1v) is 8.62. The number of hydrogen-bond donors (Lipinski definition) is 1. The molecule has 7 heteroatoms. The number of hydrazone groups is 1. The van der Waals surface area contributed by atoms with Gasteiger partial charge in [-0.15, -0.1) is 0 Å². The van der Waals surface area contributed by atoms with Crippen molar-refractivity contribution < 1.29 is 18.4 Å². The monoisotopic (exact) mass is 349 g/mol. The first-order chi connectivity index (χ1) is 12.0. The highest BCUT2D eigenvalue weighted by atomic mass is 19.1. The zero-order chi connectivity index (χ0) is 17.8. The Balaban J connectivity index is 1.58. The Morgan fingerprint density at radius 3 is 2.72 bits per heavy atom. The Hall–Kier alpha value is -2.31. The molecule has 2 aliphatic heterocycles. The van der Waals surface area contributed by atoms with Crippen LogP contribution in [0.2, 0.25) is 0 Å². The maximum absolute atomic E-state index is 13.7. The maximum Gasteiger partial charge on any atom is 0.270 e. The van der Waals surface area contributed by atoms with E-state index >= 15 is 0 Å². The number of likely N-dealkylation sites (tertiary alicyclic amines) is 1. The second-order valence-corrected chi connectivity index (χ2v) is 6.59. The SMILES string of the molecule is O=C1CCC(C(=O)N2CCC[C@H](CCc3c(F)cccc3F)C2)=NN1. The van der Waals surface area contributed by atoms with Gasteiger partial charge in [0, 0.05) is 31.5 Å². The van der Waals surface area contributed by atoms with Crippen molar-refractivity contribution in [1.82, 2.24) is 10.3 Å². The molecule has 134 valence electrons. The van der Waals surface area contributed by atoms with Crippen molar-refractivity contribution in [2.45, 2.75) is 38.5 Å². The summed E-state index contributed by atoms with van der Waals surface area (Å²) >= 11 is 0. The van der Waals surface area contributed by atoms with Crippen molar-refractivity contribution in [1.29, 1.82) is 0 Å². The number of halogens is 2. The normalized spacial score (nSPS) is 20.9. The van der Waals surface area contributed by atoms with Crippen molar-refractivity contribution in [3.63, 3.8) is 0 Å². The van der Waals surface area contributed by atoms with Gasteiger partial charge in [0.25, 0.3) is 5.91 Å². The summed E-state index contributed by atoms with van der Waals surface area (Å²) in [4.78, 5) is 25.4. The lowest BCUT2D eigenvalue weighted by Crippen LogP contribution is -2.45. The lowest BCUT2D eigenvalue weighted by Gasteiger charge is -2.33. The van der Waals surface area contributed by atoms with Gasteiger partial charge in [-0.05, 0) is 43.7 Å². The van der Waals surface area contributed by atoms with Crippen molar-refractivity contribution in [3.8, 4) is 0 Å². The standard InChI is InChI=1S/C18H21F2N3O2/c19-14-4-1-5-15(20)13(14)7-6-12-3-2-10-23(11-12)18(25)16-8-9-17(24)22-21-16/h1,4-5,12H,2-3,6-11H2,(H,22,24)/t12-/m1/s1. The summed E-state index contributed by atoms with van der Waals surface area (Å²) in [7, 11) is 0.